The quantitative estimate of drug-likeness (QED) is 0.726. The zero-order valence-electron chi connectivity index (χ0n) is 9.34. The van der Waals surface area contributed by atoms with Crippen LogP contribution in [0.3, 0.4) is 0 Å². The molecular weight excluding hydrogens is 312 g/mol. The van der Waals surface area contributed by atoms with Crippen LogP contribution in [0.25, 0.3) is 10.2 Å². The first-order valence-electron chi connectivity index (χ1n) is 5.43. The number of hydrogen-bond donors (Lipinski definition) is 0. The molecule has 1 aromatic carbocycles. The summed E-state index contributed by atoms with van der Waals surface area (Å²) in [5, 5.41) is 0.941. The van der Waals surface area contributed by atoms with Crippen LogP contribution < -0.4 is 5.56 Å². The van der Waals surface area contributed by atoms with Gasteiger partial charge in [-0.1, -0.05) is 12.1 Å². The van der Waals surface area contributed by atoms with E-state index in [1.54, 1.807) is 34.2 Å². The van der Waals surface area contributed by atoms with E-state index >= 15 is 0 Å². The molecule has 0 atom stereocenters. The fourth-order valence-electron chi connectivity index (χ4n) is 1.76. The Kier molecular flexibility index (Phi) is 3.01. The summed E-state index contributed by atoms with van der Waals surface area (Å²) in [5.41, 5.74) is 0.970. The van der Waals surface area contributed by atoms with Crippen LogP contribution >= 0.6 is 27.3 Å². The monoisotopic (exact) mass is 320 g/mol. The Labute approximate surface area is 116 Å². The summed E-state index contributed by atoms with van der Waals surface area (Å²) in [6.45, 7) is 0.512. The van der Waals surface area contributed by atoms with E-state index in [9.17, 15) is 4.79 Å². The number of benzene rings is 1. The van der Waals surface area contributed by atoms with Gasteiger partial charge in [-0.05, 0) is 34.1 Å². The first-order valence-corrected chi connectivity index (χ1v) is 7.04. The zero-order valence-corrected chi connectivity index (χ0v) is 11.7. The van der Waals surface area contributed by atoms with Crippen molar-refractivity contribution in [1.29, 1.82) is 0 Å². The van der Waals surface area contributed by atoms with E-state index in [1.165, 1.54) is 0 Å². The maximum Gasteiger partial charge on any atom is 0.250 e. The highest BCUT2D eigenvalue weighted by atomic mass is 79.9. The Balaban J connectivity index is 2.01. The van der Waals surface area contributed by atoms with Crippen molar-refractivity contribution < 1.29 is 0 Å². The SMILES string of the molecule is O=c1ccc(Br)cn1Cc1nc2ccccc2s1. The molecule has 0 amide bonds. The van der Waals surface area contributed by atoms with Crippen LogP contribution in [0.15, 0.2) is 51.9 Å². The molecule has 3 nitrogen and oxygen atoms in total. The van der Waals surface area contributed by atoms with Crippen molar-refractivity contribution in [2.24, 2.45) is 0 Å². The molecule has 0 aliphatic heterocycles. The minimum absolute atomic E-state index is 0.0162. The molecule has 3 rings (SSSR count). The Hall–Kier alpha value is -1.46. The van der Waals surface area contributed by atoms with Gasteiger partial charge in [0.25, 0.3) is 5.56 Å². The van der Waals surface area contributed by atoms with Gasteiger partial charge in [-0.3, -0.25) is 4.79 Å². The summed E-state index contributed by atoms with van der Waals surface area (Å²) >= 11 is 4.99. The average Bonchev–Trinajstić information content (AvgIpc) is 2.76. The molecule has 18 heavy (non-hydrogen) atoms. The maximum atomic E-state index is 11.7. The van der Waals surface area contributed by atoms with Crippen molar-refractivity contribution in [3.63, 3.8) is 0 Å². The van der Waals surface area contributed by atoms with Gasteiger partial charge in [0.1, 0.15) is 5.01 Å². The van der Waals surface area contributed by atoms with Crippen LogP contribution in [-0.2, 0) is 6.54 Å². The summed E-state index contributed by atoms with van der Waals surface area (Å²) in [4.78, 5) is 16.2. The third-order valence-corrected chi connectivity index (χ3v) is 4.08. The molecule has 0 saturated heterocycles. The fraction of sp³-hybridized carbons (Fsp3) is 0.0769. The molecule has 0 saturated carbocycles. The second kappa shape index (κ2) is 4.66. The average molecular weight is 321 g/mol. The van der Waals surface area contributed by atoms with Gasteiger partial charge in [0.05, 0.1) is 16.8 Å². The lowest BCUT2D eigenvalue weighted by Crippen LogP contribution is -2.18. The lowest BCUT2D eigenvalue weighted by molar-refractivity contribution is 0.752. The number of halogens is 1. The molecule has 2 aromatic heterocycles. The summed E-state index contributed by atoms with van der Waals surface area (Å²) in [6.07, 6.45) is 1.79. The zero-order chi connectivity index (χ0) is 12.5. The summed E-state index contributed by atoms with van der Waals surface area (Å²) in [6, 6.07) is 11.3. The molecule has 0 radical (unpaired) electrons. The molecular formula is C13H9BrN2OS. The smallest absolute Gasteiger partial charge is 0.250 e. The molecule has 90 valence electrons. The summed E-state index contributed by atoms with van der Waals surface area (Å²) in [5.74, 6) is 0. The number of pyridine rings is 1. The Morgan fingerprint density at radius 1 is 1.22 bits per heavy atom. The minimum atomic E-state index is -0.0162. The number of rotatable bonds is 2. The highest BCUT2D eigenvalue weighted by molar-refractivity contribution is 9.10. The molecule has 5 heteroatoms. The van der Waals surface area contributed by atoms with Gasteiger partial charge in [-0.25, -0.2) is 4.98 Å². The second-order valence-corrected chi connectivity index (χ2v) is 5.92. The van der Waals surface area contributed by atoms with Gasteiger partial charge >= 0.3 is 0 Å². The third kappa shape index (κ3) is 2.23. The summed E-state index contributed by atoms with van der Waals surface area (Å²) < 4.78 is 3.70. The number of nitrogens with zero attached hydrogens (tertiary/aromatic N) is 2. The number of aromatic nitrogens is 2. The van der Waals surface area contributed by atoms with Gasteiger partial charge in [0.2, 0.25) is 0 Å². The maximum absolute atomic E-state index is 11.7. The topological polar surface area (TPSA) is 34.9 Å². The predicted molar refractivity (Wildman–Crippen MR) is 77.1 cm³/mol. The van der Waals surface area contributed by atoms with Gasteiger partial charge < -0.3 is 4.57 Å². The predicted octanol–water partition coefficient (Wildman–Crippen LogP) is 3.27. The molecule has 3 aromatic rings. The van der Waals surface area contributed by atoms with Gasteiger partial charge in [-0.2, -0.15) is 0 Å². The molecule has 0 aliphatic carbocycles. The van der Waals surface area contributed by atoms with Crippen LogP contribution in [0.1, 0.15) is 5.01 Å². The van der Waals surface area contributed by atoms with Crippen molar-refractivity contribution in [2.75, 3.05) is 0 Å². The largest absolute Gasteiger partial charge is 0.308 e. The van der Waals surface area contributed by atoms with Crippen molar-refractivity contribution in [3.05, 3.63) is 62.4 Å². The summed E-state index contributed by atoms with van der Waals surface area (Å²) in [7, 11) is 0. The van der Waals surface area contributed by atoms with Crippen molar-refractivity contribution in [3.8, 4) is 0 Å². The first-order chi connectivity index (χ1) is 8.72. The molecule has 0 N–H and O–H groups in total. The highest BCUT2D eigenvalue weighted by Crippen LogP contribution is 2.22. The van der Waals surface area contributed by atoms with Crippen molar-refractivity contribution >= 4 is 37.5 Å². The number of hydrogen-bond acceptors (Lipinski definition) is 3. The highest BCUT2D eigenvalue weighted by Gasteiger charge is 2.05. The van der Waals surface area contributed by atoms with Gasteiger partial charge in [0, 0.05) is 16.7 Å². The molecule has 0 aliphatic rings. The Morgan fingerprint density at radius 2 is 2.06 bits per heavy atom. The molecule has 0 unspecified atom stereocenters. The van der Waals surface area contributed by atoms with Gasteiger partial charge in [-0.15, -0.1) is 11.3 Å². The molecule has 0 fully saturated rings. The number of thiazole rings is 1. The van der Waals surface area contributed by atoms with E-state index in [1.807, 2.05) is 24.3 Å². The third-order valence-electron chi connectivity index (χ3n) is 2.59. The van der Waals surface area contributed by atoms with Crippen LogP contribution in [-0.4, -0.2) is 9.55 Å². The van der Waals surface area contributed by atoms with Crippen LogP contribution in [0, 0.1) is 0 Å². The Morgan fingerprint density at radius 3 is 2.89 bits per heavy atom. The van der Waals surface area contributed by atoms with E-state index < -0.39 is 0 Å². The molecule has 0 spiro atoms. The lowest BCUT2D eigenvalue weighted by Gasteiger charge is -2.02. The lowest BCUT2D eigenvalue weighted by atomic mass is 10.3. The molecule has 0 bridgehead atoms. The number of para-hydroxylation sites is 1. The van der Waals surface area contributed by atoms with Crippen molar-refractivity contribution in [1.82, 2.24) is 9.55 Å². The van der Waals surface area contributed by atoms with Crippen LogP contribution in [0.5, 0.6) is 0 Å². The standard InChI is InChI=1S/C13H9BrN2OS/c14-9-5-6-13(17)16(7-9)8-12-15-10-3-1-2-4-11(10)18-12/h1-7H,8H2. The number of fused-ring (bicyclic) bond motifs is 1. The van der Waals surface area contributed by atoms with E-state index in [4.69, 9.17) is 0 Å². The van der Waals surface area contributed by atoms with Crippen molar-refractivity contribution in [2.45, 2.75) is 6.54 Å². The van der Waals surface area contributed by atoms with Crippen LogP contribution in [0.4, 0.5) is 0 Å². The Bertz CT molecular complexity index is 730. The fourth-order valence-corrected chi connectivity index (χ4v) is 3.10. The van der Waals surface area contributed by atoms with E-state index in [0.29, 0.717) is 6.54 Å². The van der Waals surface area contributed by atoms with Crippen LogP contribution in [0.2, 0.25) is 0 Å². The van der Waals surface area contributed by atoms with Gasteiger partial charge in [0.15, 0.2) is 0 Å². The van der Waals surface area contributed by atoms with E-state index in [2.05, 4.69) is 20.9 Å². The minimum Gasteiger partial charge on any atom is -0.308 e. The first kappa shape index (κ1) is 11.6. The second-order valence-electron chi connectivity index (χ2n) is 3.89. The normalized spacial score (nSPS) is 10.9. The van der Waals surface area contributed by atoms with E-state index in [-0.39, 0.29) is 5.56 Å². The van der Waals surface area contributed by atoms with E-state index in [0.717, 1.165) is 19.7 Å². The molecule has 2 heterocycles.